The molecule has 1 spiro atoms. The molecule has 0 saturated carbocycles. The number of benzene rings is 1. The molecule has 4 heterocycles. The molecular formula is C28H35NO8. The van der Waals surface area contributed by atoms with Gasteiger partial charge >= 0.3 is 11.9 Å². The highest BCUT2D eigenvalue weighted by molar-refractivity contribution is 5.86. The van der Waals surface area contributed by atoms with Crippen LogP contribution in [0.5, 0.6) is 11.5 Å². The molecule has 0 amide bonds. The molecule has 6 rings (SSSR count). The van der Waals surface area contributed by atoms with Crippen molar-refractivity contribution in [3.05, 3.63) is 35.1 Å². The zero-order valence-corrected chi connectivity index (χ0v) is 21.7. The van der Waals surface area contributed by atoms with Gasteiger partial charge in [-0.2, -0.15) is 0 Å². The van der Waals surface area contributed by atoms with E-state index in [2.05, 4.69) is 17.0 Å². The van der Waals surface area contributed by atoms with Crippen molar-refractivity contribution in [2.45, 2.75) is 87.6 Å². The minimum Gasteiger partial charge on any atom is -0.497 e. The van der Waals surface area contributed by atoms with Crippen molar-refractivity contribution < 1.29 is 38.4 Å². The van der Waals surface area contributed by atoms with E-state index in [1.807, 2.05) is 19.9 Å². The third-order valence-electron chi connectivity index (χ3n) is 8.84. The Morgan fingerprint density at radius 1 is 1.11 bits per heavy atom. The molecule has 1 aromatic rings. The highest BCUT2D eigenvalue weighted by atomic mass is 16.7. The lowest BCUT2D eigenvalue weighted by atomic mass is 9.77. The van der Waals surface area contributed by atoms with Crippen molar-refractivity contribution in [2.75, 3.05) is 27.0 Å². The largest absolute Gasteiger partial charge is 0.497 e. The number of nitrogens with zero attached hydrogens (tertiary/aromatic N) is 1. The molecule has 200 valence electrons. The van der Waals surface area contributed by atoms with E-state index in [4.69, 9.17) is 23.7 Å². The van der Waals surface area contributed by atoms with E-state index in [-0.39, 0.29) is 18.2 Å². The summed E-state index contributed by atoms with van der Waals surface area (Å²) in [7, 11) is 1.60. The fourth-order valence-corrected chi connectivity index (χ4v) is 7.33. The Balaban J connectivity index is 1.42. The third kappa shape index (κ3) is 3.89. The average Bonchev–Trinajstić information content (AvgIpc) is 3.51. The van der Waals surface area contributed by atoms with Gasteiger partial charge in [0.1, 0.15) is 5.76 Å². The van der Waals surface area contributed by atoms with E-state index < -0.39 is 35.7 Å². The van der Waals surface area contributed by atoms with Crippen LogP contribution in [-0.4, -0.2) is 71.8 Å². The Kier molecular flexibility index (Phi) is 5.73. The van der Waals surface area contributed by atoms with Crippen LogP contribution in [-0.2, 0) is 30.2 Å². The maximum atomic E-state index is 14.0. The maximum Gasteiger partial charge on any atom is 0.339 e. The molecule has 1 aromatic carbocycles. The second kappa shape index (κ2) is 8.63. The Hall–Kier alpha value is -2.78. The van der Waals surface area contributed by atoms with Crippen LogP contribution in [0.1, 0.15) is 69.4 Å². The third-order valence-corrected chi connectivity index (χ3v) is 8.84. The summed E-state index contributed by atoms with van der Waals surface area (Å²) in [6.45, 7) is 5.79. The van der Waals surface area contributed by atoms with Gasteiger partial charge in [-0.15, -0.1) is 0 Å². The van der Waals surface area contributed by atoms with Crippen LogP contribution in [0.15, 0.2) is 24.0 Å². The standard InChI is InChI=1S/C28H35NO8/c1-26(2)7-4-9-28(37-26,15-22(30)31)25(32)36-24-21(33-3)14-27-8-5-10-29(27)11-6-17-12-19-20(35-16-34-19)13-18(17)23(24)27/h12-14,23-24H,4-11,15-16H2,1-3H3,(H,30,31)/t23?,24?,27-,28+/m1/s1. The molecule has 2 saturated heterocycles. The minimum absolute atomic E-state index is 0.185. The summed E-state index contributed by atoms with van der Waals surface area (Å²) in [6, 6.07) is 4.09. The van der Waals surface area contributed by atoms with E-state index in [0.717, 1.165) is 55.6 Å². The van der Waals surface area contributed by atoms with E-state index >= 15 is 0 Å². The fourth-order valence-electron chi connectivity index (χ4n) is 7.33. The van der Waals surface area contributed by atoms with Crippen LogP contribution in [0, 0.1) is 0 Å². The molecule has 5 aliphatic rings. The van der Waals surface area contributed by atoms with Gasteiger partial charge in [0.2, 0.25) is 6.79 Å². The van der Waals surface area contributed by atoms with Crippen molar-refractivity contribution in [3.8, 4) is 11.5 Å². The SMILES string of the molecule is COC1=C[C@@]23CCCN2CCc2cc4c(cc2C3C1OC(=O)[C@@]1(CC(=O)O)CCCC(C)(C)O1)OCO4. The molecule has 9 nitrogen and oxygen atoms in total. The maximum absolute atomic E-state index is 14.0. The number of hydrogen-bond acceptors (Lipinski definition) is 8. The molecule has 4 aliphatic heterocycles. The summed E-state index contributed by atoms with van der Waals surface area (Å²) in [5, 5.41) is 9.72. The molecule has 0 radical (unpaired) electrons. The number of methoxy groups -OCH3 is 1. The molecule has 37 heavy (non-hydrogen) atoms. The number of carbonyl (C=O) groups excluding carboxylic acids is 1. The van der Waals surface area contributed by atoms with Crippen molar-refractivity contribution in [1.29, 1.82) is 0 Å². The first-order chi connectivity index (χ1) is 17.7. The topological polar surface area (TPSA) is 104 Å². The normalized spacial score (nSPS) is 33.5. The first kappa shape index (κ1) is 24.6. The van der Waals surface area contributed by atoms with Gasteiger partial charge in [0.25, 0.3) is 0 Å². The van der Waals surface area contributed by atoms with Gasteiger partial charge in [-0.3, -0.25) is 9.69 Å². The number of carbonyl (C=O) groups is 2. The quantitative estimate of drug-likeness (QED) is 0.592. The minimum atomic E-state index is -1.54. The molecule has 0 bridgehead atoms. The highest BCUT2D eigenvalue weighted by Gasteiger charge is 2.59. The van der Waals surface area contributed by atoms with Crippen LogP contribution in [0.4, 0.5) is 0 Å². The molecule has 2 fully saturated rings. The van der Waals surface area contributed by atoms with Crippen molar-refractivity contribution in [2.24, 2.45) is 0 Å². The first-order valence-corrected chi connectivity index (χ1v) is 13.2. The van der Waals surface area contributed by atoms with Gasteiger partial charge in [0, 0.05) is 6.54 Å². The predicted molar refractivity (Wildman–Crippen MR) is 132 cm³/mol. The molecule has 2 unspecified atom stereocenters. The summed E-state index contributed by atoms with van der Waals surface area (Å²) in [6.07, 6.45) is 5.51. The second-order valence-electron chi connectivity index (χ2n) is 11.6. The Bertz CT molecular complexity index is 1160. The van der Waals surface area contributed by atoms with Gasteiger partial charge in [-0.05, 0) is 88.3 Å². The monoisotopic (exact) mass is 513 g/mol. The number of ether oxygens (including phenoxy) is 5. The number of esters is 1. The van der Waals surface area contributed by atoms with E-state index in [9.17, 15) is 14.7 Å². The van der Waals surface area contributed by atoms with Crippen LogP contribution >= 0.6 is 0 Å². The van der Waals surface area contributed by atoms with Gasteiger partial charge in [-0.25, -0.2) is 4.79 Å². The van der Waals surface area contributed by atoms with Crippen LogP contribution in [0.25, 0.3) is 0 Å². The molecule has 1 N–H and O–H groups in total. The molecule has 0 aromatic heterocycles. The van der Waals surface area contributed by atoms with Crippen LogP contribution in [0.3, 0.4) is 0 Å². The Labute approximate surface area is 216 Å². The second-order valence-corrected chi connectivity index (χ2v) is 11.6. The molecule has 9 heteroatoms. The zero-order valence-electron chi connectivity index (χ0n) is 21.7. The Morgan fingerprint density at radius 2 is 1.89 bits per heavy atom. The fraction of sp³-hybridized carbons (Fsp3) is 0.643. The molecule has 4 atom stereocenters. The number of rotatable bonds is 5. The van der Waals surface area contributed by atoms with Gasteiger partial charge in [0.05, 0.1) is 30.6 Å². The van der Waals surface area contributed by atoms with Crippen molar-refractivity contribution in [1.82, 2.24) is 4.90 Å². The average molecular weight is 514 g/mol. The van der Waals surface area contributed by atoms with Gasteiger partial charge < -0.3 is 28.8 Å². The lowest BCUT2D eigenvalue weighted by Gasteiger charge is -2.44. The summed E-state index contributed by atoms with van der Waals surface area (Å²) in [5.41, 5.74) is -0.322. The van der Waals surface area contributed by atoms with Crippen molar-refractivity contribution >= 4 is 11.9 Å². The summed E-state index contributed by atoms with van der Waals surface area (Å²) in [4.78, 5) is 28.3. The number of aliphatic carboxylic acids is 1. The van der Waals surface area contributed by atoms with Crippen LogP contribution < -0.4 is 9.47 Å². The van der Waals surface area contributed by atoms with E-state index in [1.165, 1.54) is 0 Å². The first-order valence-electron chi connectivity index (χ1n) is 13.2. The van der Waals surface area contributed by atoms with Gasteiger partial charge in [-0.1, -0.05) is 0 Å². The molecule has 1 aliphatic carbocycles. The van der Waals surface area contributed by atoms with Crippen LogP contribution in [0.2, 0.25) is 0 Å². The molecular weight excluding hydrogens is 478 g/mol. The predicted octanol–water partition coefficient (Wildman–Crippen LogP) is 3.54. The smallest absolute Gasteiger partial charge is 0.339 e. The lowest BCUT2D eigenvalue weighted by molar-refractivity contribution is -0.216. The number of hydrogen-bond donors (Lipinski definition) is 1. The van der Waals surface area contributed by atoms with Gasteiger partial charge in [0.15, 0.2) is 23.2 Å². The highest BCUT2D eigenvalue weighted by Crippen LogP contribution is 2.56. The van der Waals surface area contributed by atoms with Crippen molar-refractivity contribution in [3.63, 3.8) is 0 Å². The number of carboxylic acids is 1. The zero-order chi connectivity index (χ0) is 26.0. The lowest BCUT2D eigenvalue weighted by Crippen LogP contribution is -2.54. The summed E-state index contributed by atoms with van der Waals surface area (Å²) in [5.74, 6) is 0.0737. The number of fused-ring (bicyclic) bond motifs is 3. The Morgan fingerprint density at radius 3 is 2.62 bits per heavy atom. The summed E-state index contributed by atoms with van der Waals surface area (Å²) < 4.78 is 29.8. The number of carboxylic acid groups (broad SMARTS) is 1. The summed E-state index contributed by atoms with van der Waals surface area (Å²) >= 11 is 0. The van der Waals surface area contributed by atoms with E-state index in [0.29, 0.717) is 24.4 Å². The van der Waals surface area contributed by atoms with E-state index in [1.54, 1.807) is 7.11 Å².